The molecule has 0 aliphatic heterocycles. The predicted octanol–water partition coefficient (Wildman–Crippen LogP) is 3.43. The Hall–Kier alpha value is -1.19. The topological polar surface area (TPSA) is 33.1 Å². The van der Waals surface area contributed by atoms with E-state index in [0.29, 0.717) is 6.42 Å². The van der Waals surface area contributed by atoms with Gasteiger partial charge in [0.15, 0.2) is 0 Å². The maximum atomic E-state index is 10.2. The van der Waals surface area contributed by atoms with E-state index in [0.717, 1.165) is 21.2 Å². The molecule has 1 unspecified atom stereocenters. The van der Waals surface area contributed by atoms with Gasteiger partial charge >= 0.3 is 0 Å². The number of aliphatic hydroxyl groups is 1. The lowest BCUT2D eigenvalue weighted by atomic mass is 10.0. The van der Waals surface area contributed by atoms with Gasteiger partial charge in [0.25, 0.3) is 0 Å². The molecule has 0 amide bonds. The third-order valence-electron chi connectivity index (χ3n) is 2.69. The molecule has 0 aliphatic carbocycles. The summed E-state index contributed by atoms with van der Waals surface area (Å²) in [6, 6.07) is 9.85. The quantitative estimate of drug-likeness (QED) is 0.940. The minimum absolute atomic E-state index is 0.494. The number of aliphatic hydroxyl groups excluding tert-OH is 1. The molecule has 2 rings (SSSR count). The van der Waals surface area contributed by atoms with E-state index in [1.165, 1.54) is 0 Å². The molecular formula is C14H14BrNO. The first kappa shape index (κ1) is 12.3. The SMILES string of the molecule is Cc1ccc(Br)c(C(O)Cc2ccncc2)c1. The second-order valence-electron chi connectivity index (χ2n) is 4.10. The van der Waals surface area contributed by atoms with Crippen LogP contribution in [0.5, 0.6) is 0 Å². The summed E-state index contributed by atoms with van der Waals surface area (Å²) >= 11 is 3.47. The van der Waals surface area contributed by atoms with Crippen LogP contribution in [-0.4, -0.2) is 10.1 Å². The van der Waals surface area contributed by atoms with E-state index in [4.69, 9.17) is 0 Å². The van der Waals surface area contributed by atoms with Crippen molar-refractivity contribution in [2.24, 2.45) is 0 Å². The zero-order chi connectivity index (χ0) is 12.3. The Bertz CT molecular complexity index is 499. The molecule has 2 aromatic rings. The smallest absolute Gasteiger partial charge is 0.0841 e. The summed E-state index contributed by atoms with van der Waals surface area (Å²) in [6.45, 7) is 2.02. The highest BCUT2D eigenvalue weighted by Gasteiger charge is 2.12. The number of pyridine rings is 1. The average molecular weight is 292 g/mol. The lowest BCUT2D eigenvalue weighted by Crippen LogP contribution is -2.03. The summed E-state index contributed by atoms with van der Waals surface area (Å²) in [6.07, 6.45) is 3.59. The Morgan fingerprint density at radius 1 is 1.24 bits per heavy atom. The molecule has 17 heavy (non-hydrogen) atoms. The zero-order valence-corrected chi connectivity index (χ0v) is 11.2. The lowest BCUT2D eigenvalue weighted by Gasteiger charge is -2.13. The maximum absolute atomic E-state index is 10.2. The van der Waals surface area contributed by atoms with Gasteiger partial charge in [-0.1, -0.05) is 33.6 Å². The number of hydrogen-bond acceptors (Lipinski definition) is 2. The predicted molar refractivity (Wildman–Crippen MR) is 71.8 cm³/mol. The first-order chi connectivity index (χ1) is 8.16. The van der Waals surface area contributed by atoms with Gasteiger partial charge in [-0.2, -0.15) is 0 Å². The molecule has 3 heteroatoms. The van der Waals surface area contributed by atoms with Crippen molar-refractivity contribution in [2.45, 2.75) is 19.4 Å². The number of rotatable bonds is 3. The maximum Gasteiger partial charge on any atom is 0.0841 e. The molecule has 0 bridgehead atoms. The van der Waals surface area contributed by atoms with Crippen molar-refractivity contribution in [1.82, 2.24) is 4.98 Å². The molecular weight excluding hydrogens is 278 g/mol. The van der Waals surface area contributed by atoms with Crippen molar-refractivity contribution in [2.75, 3.05) is 0 Å². The molecule has 0 saturated heterocycles. The van der Waals surface area contributed by atoms with Gasteiger partial charge in [0, 0.05) is 23.3 Å². The van der Waals surface area contributed by atoms with E-state index in [1.54, 1.807) is 12.4 Å². The number of halogens is 1. The Balaban J connectivity index is 2.20. The summed E-state index contributed by atoms with van der Waals surface area (Å²) in [5.74, 6) is 0. The van der Waals surface area contributed by atoms with E-state index in [1.807, 2.05) is 37.3 Å². The van der Waals surface area contributed by atoms with Crippen LogP contribution in [0.15, 0.2) is 47.2 Å². The van der Waals surface area contributed by atoms with Crippen LogP contribution >= 0.6 is 15.9 Å². The second kappa shape index (κ2) is 5.43. The Morgan fingerprint density at radius 3 is 2.65 bits per heavy atom. The largest absolute Gasteiger partial charge is 0.388 e. The van der Waals surface area contributed by atoms with Crippen LogP contribution in [0.4, 0.5) is 0 Å². The molecule has 0 spiro atoms. The molecule has 1 heterocycles. The monoisotopic (exact) mass is 291 g/mol. The highest BCUT2D eigenvalue weighted by molar-refractivity contribution is 9.10. The molecule has 1 atom stereocenters. The zero-order valence-electron chi connectivity index (χ0n) is 9.60. The highest BCUT2D eigenvalue weighted by Crippen LogP contribution is 2.26. The van der Waals surface area contributed by atoms with Crippen LogP contribution in [0.3, 0.4) is 0 Å². The van der Waals surface area contributed by atoms with Crippen molar-refractivity contribution in [3.63, 3.8) is 0 Å². The van der Waals surface area contributed by atoms with Crippen LogP contribution in [0.2, 0.25) is 0 Å². The van der Waals surface area contributed by atoms with Crippen LogP contribution < -0.4 is 0 Å². The van der Waals surface area contributed by atoms with Crippen molar-refractivity contribution in [1.29, 1.82) is 0 Å². The van der Waals surface area contributed by atoms with Crippen molar-refractivity contribution < 1.29 is 5.11 Å². The second-order valence-corrected chi connectivity index (χ2v) is 4.95. The van der Waals surface area contributed by atoms with E-state index in [-0.39, 0.29) is 0 Å². The fourth-order valence-electron chi connectivity index (χ4n) is 1.77. The van der Waals surface area contributed by atoms with E-state index >= 15 is 0 Å². The molecule has 88 valence electrons. The van der Waals surface area contributed by atoms with Gasteiger partial charge in [0.1, 0.15) is 0 Å². The Labute approximate surface area is 109 Å². The van der Waals surface area contributed by atoms with E-state index < -0.39 is 6.10 Å². The van der Waals surface area contributed by atoms with E-state index in [9.17, 15) is 5.11 Å². The number of aromatic nitrogens is 1. The normalized spacial score (nSPS) is 12.4. The Kier molecular flexibility index (Phi) is 3.92. The number of nitrogens with zero attached hydrogens (tertiary/aromatic N) is 1. The van der Waals surface area contributed by atoms with Crippen LogP contribution in [0, 0.1) is 6.92 Å². The van der Waals surface area contributed by atoms with Crippen molar-refractivity contribution >= 4 is 15.9 Å². The molecule has 1 aromatic carbocycles. The minimum atomic E-state index is -0.494. The van der Waals surface area contributed by atoms with Gasteiger partial charge in [-0.05, 0) is 36.2 Å². The third-order valence-corrected chi connectivity index (χ3v) is 3.41. The Morgan fingerprint density at radius 2 is 1.94 bits per heavy atom. The first-order valence-corrected chi connectivity index (χ1v) is 6.29. The molecule has 1 N–H and O–H groups in total. The molecule has 2 nitrogen and oxygen atoms in total. The number of hydrogen-bond donors (Lipinski definition) is 1. The minimum Gasteiger partial charge on any atom is -0.388 e. The number of benzene rings is 1. The van der Waals surface area contributed by atoms with E-state index in [2.05, 4.69) is 20.9 Å². The van der Waals surface area contributed by atoms with Gasteiger partial charge in [-0.15, -0.1) is 0 Å². The van der Waals surface area contributed by atoms with Gasteiger partial charge in [0.05, 0.1) is 6.10 Å². The first-order valence-electron chi connectivity index (χ1n) is 5.50. The fraction of sp³-hybridized carbons (Fsp3) is 0.214. The standard InChI is InChI=1S/C14H14BrNO/c1-10-2-3-13(15)12(8-10)14(17)9-11-4-6-16-7-5-11/h2-8,14,17H,9H2,1H3. The van der Waals surface area contributed by atoms with Gasteiger partial charge in [0.2, 0.25) is 0 Å². The summed E-state index contributed by atoms with van der Waals surface area (Å²) in [5.41, 5.74) is 3.17. The molecule has 1 aromatic heterocycles. The van der Waals surface area contributed by atoms with Crippen LogP contribution in [0.25, 0.3) is 0 Å². The summed E-state index contributed by atoms with van der Waals surface area (Å²) in [4.78, 5) is 3.97. The van der Waals surface area contributed by atoms with Crippen molar-refractivity contribution in [3.8, 4) is 0 Å². The fourth-order valence-corrected chi connectivity index (χ4v) is 2.28. The van der Waals surface area contributed by atoms with Gasteiger partial charge in [-0.3, -0.25) is 4.98 Å². The van der Waals surface area contributed by atoms with Gasteiger partial charge < -0.3 is 5.11 Å². The third kappa shape index (κ3) is 3.14. The molecule has 0 radical (unpaired) electrons. The van der Waals surface area contributed by atoms with Crippen LogP contribution in [-0.2, 0) is 6.42 Å². The molecule has 0 aliphatic rings. The van der Waals surface area contributed by atoms with Gasteiger partial charge in [-0.25, -0.2) is 0 Å². The van der Waals surface area contributed by atoms with Crippen LogP contribution in [0.1, 0.15) is 22.8 Å². The average Bonchev–Trinajstić information content (AvgIpc) is 2.33. The molecule has 0 saturated carbocycles. The lowest BCUT2D eigenvalue weighted by molar-refractivity contribution is 0.177. The van der Waals surface area contributed by atoms with Crippen molar-refractivity contribution in [3.05, 3.63) is 63.9 Å². The summed E-state index contributed by atoms with van der Waals surface area (Å²) in [7, 11) is 0. The summed E-state index contributed by atoms with van der Waals surface area (Å²) in [5, 5.41) is 10.2. The highest BCUT2D eigenvalue weighted by atomic mass is 79.9. The number of aryl methyl sites for hydroxylation is 1. The summed E-state index contributed by atoms with van der Waals surface area (Å²) < 4.78 is 0.949. The molecule has 0 fully saturated rings.